The molecule has 0 aromatic heterocycles. The van der Waals surface area contributed by atoms with E-state index in [0.29, 0.717) is 34.7 Å². The summed E-state index contributed by atoms with van der Waals surface area (Å²) >= 11 is 0. The van der Waals surface area contributed by atoms with Gasteiger partial charge in [0.05, 0.1) is 0 Å². The largest absolute Gasteiger partial charge is 0.457 e. The van der Waals surface area contributed by atoms with Gasteiger partial charge >= 0.3 is 0 Å². The van der Waals surface area contributed by atoms with Crippen LogP contribution in [0.15, 0.2) is 48.5 Å². The lowest BCUT2D eigenvalue weighted by Crippen LogP contribution is -2.42. The van der Waals surface area contributed by atoms with E-state index in [1.165, 1.54) is 6.42 Å². The number of rotatable bonds is 5. The second-order valence-corrected chi connectivity index (χ2v) is 6.88. The molecule has 2 aliphatic rings. The van der Waals surface area contributed by atoms with Gasteiger partial charge in [-0.15, -0.1) is 0 Å². The number of carbonyl (C=O) groups excluding carboxylic acids is 2. The van der Waals surface area contributed by atoms with Crippen LogP contribution in [0.3, 0.4) is 0 Å². The monoisotopic (exact) mass is 351 g/mol. The van der Waals surface area contributed by atoms with E-state index in [-0.39, 0.29) is 11.9 Å². The standard InChI is InChI=1S/C20H21N3O3/c21-19(24)13-2-1-3-16(10-13)26-15-7-4-12(5-8-15)20(25)23-18-11-14-6-9-17(18)22-14/h1-5,7-8,10,14,17-18,22H,6,9,11H2,(H2,21,24)(H,23,25). The Bertz CT molecular complexity index is 834. The Kier molecular flexibility index (Phi) is 4.34. The average Bonchev–Trinajstić information content (AvgIpc) is 3.25. The van der Waals surface area contributed by atoms with Crippen molar-refractivity contribution in [2.24, 2.45) is 5.73 Å². The Hall–Kier alpha value is -2.86. The molecule has 26 heavy (non-hydrogen) atoms. The van der Waals surface area contributed by atoms with Crippen LogP contribution in [0.2, 0.25) is 0 Å². The Balaban J connectivity index is 1.39. The van der Waals surface area contributed by atoms with E-state index < -0.39 is 5.91 Å². The third-order valence-corrected chi connectivity index (χ3v) is 5.09. The van der Waals surface area contributed by atoms with Crippen LogP contribution in [0.4, 0.5) is 0 Å². The molecule has 2 saturated heterocycles. The molecular formula is C20H21N3O3. The second-order valence-electron chi connectivity index (χ2n) is 6.88. The minimum Gasteiger partial charge on any atom is -0.457 e. The van der Waals surface area contributed by atoms with Gasteiger partial charge in [0.15, 0.2) is 0 Å². The minimum atomic E-state index is -0.502. The molecule has 0 saturated carbocycles. The maximum absolute atomic E-state index is 12.4. The van der Waals surface area contributed by atoms with E-state index in [0.717, 1.165) is 12.8 Å². The summed E-state index contributed by atoms with van der Waals surface area (Å²) < 4.78 is 5.73. The Morgan fingerprint density at radius 2 is 1.85 bits per heavy atom. The minimum absolute atomic E-state index is 0.0633. The molecule has 0 radical (unpaired) electrons. The fourth-order valence-corrected chi connectivity index (χ4v) is 3.76. The Morgan fingerprint density at radius 3 is 2.50 bits per heavy atom. The number of fused-ring (bicyclic) bond motifs is 2. The molecule has 4 rings (SSSR count). The molecule has 2 bridgehead atoms. The highest BCUT2D eigenvalue weighted by Crippen LogP contribution is 2.28. The van der Waals surface area contributed by atoms with Crippen LogP contribution in [0.5, 0.6) is 11.5 Å². The summed E-state index contributed by atoms with van der Waals surface area (Å²) in [5.74, 6) is 0.542. The number of hydrogen-bond donors (Lipinski definition) is 3. The molecule has 2 aromatic carbocycles. The van der Waals surface area contributed by atoms with Crippen molar-refractivity contribution in [3.05, 3.63) is 59.7 Å². The first-order valence-corrected chi connectivity index (χ1v) is 8.83. The Labute approximate surface area is 151 Å². The first kappa shape index (κ1) is 16.6. The van der Waals surface area contributed by atoms with Crippen LogP contribution >= 0.6 is 0 Å². The van der Waals surface area contributed by atoms with Crippen LogP contribution in [0, 0.1) is 0 Å². The summed E-state index contributed by atoms with van der Waals surface area (Å²) in [5, 5.41) is 6.64. The Morgan fingerprint density at radius 1 is 1.04 bits per heavy atom. The molecule has 134 valence electrons. The van der Waals surface area contributed by atoms with Crippen LogP contribution in [-0.2, 0) is 0 Å². The van der Waals surface area contributed by atoms with Crippen molar-refractivity contribution >= 4 is 11.8 Å². The van der Waals surface area contributed by atoms with Crippen LogP contribution < -0.4 is 21.1 Å². The number of hydrogen-bond acceptors (Lipinski definition) is 4. The van der Waals surface area contributed by atoms with Gasteiger partial charge in [-0.2, -0.15) is 0 Å². The van der Waals surface area contributed by atoms with Gasteiger partial charge in [0.1, 0.15) is 11.5 Å². The van der Waals surface area contributed by atoms with Crippen molar-refractivity contribution in [2.75, 3.05) is 0 Å². The topological polar surface area (TPSA) is 93.5 Å². The number of benzene rings is 2. The van der Waals surface area contributed by atoms with Gasteiger partial charge in [-0.25, -0.2) is 0 Å². The van der Waals surface area contributed by atoms with Gasteiger partial charge in [0.2, 0.25) is 5.91 Å². The summed E-state index contributed by atoms with van der Waals surface area (Å²) in [6.07, 6.45) is 3.35. The van der Waals surface area contributed by atoms with Crippen LogP contribution in [0.1, 0.15) is 40.0 Å². The molecule has 2 heterocycles. The van der Waals surface area contributed by atoms with Crippen molar-refractivity contribution in [2.45, 2.75) is 37.4 Å². The van der Waals surface area contributed by atoms with Crippen LogP contribution in [0.25, 0.3) is 0 Å². The lowest BCUT2D eigenvalue weighted by Gasteiger charge is -2.21. The summed E-state index contributed by atoms with van der Waals surface area (Å²) in [6, 6.07) is 14.8. The van der Waals surface area contributed by atoms with Gasteiger partial charge in [0, 0.05) is 29.3 Å². The zero-order valence-electron chi connectivity index (χ0n) is 14.3. The predicted octanol–water partition coefficient (Wildman–Crippen LogP) is 2.20. The number of nitrogens with two attached hydrogens (primary N) is 1. The summed E-state index contributed by atoms with van der Waals surface area (Å²) in [7, 11) is 0. The number of nitrogens with one attached hydrogen (secondary N) is 2. The molecular weight excluding hydrogens is 330 g/mol. The lowest BCUT2D eigenvalue weighted by atomic mass is 9.95. The molecule has 2 fully saturated rings. The lowest BCUT2D eigenvalue weighted by molar-refractivity contribution is 0.0930. The van der Waals surface area contributed by atoms with E-state index in [9.17, 15) is 9.59 Å². The first-order chi connectivity index (χ1) is 12.6. The fraction of sp³-hybridized carbons (Fsp3) is 0.300. The average molecular weight is 351 g/mol. The molecule has 2 aromatic rings. The highest BCUT2D eigenvalue weighted by atomic mass is 16.5. The van der Waals surface area contributed by atoms with Crippen molar-refractivity contribution < 1.29 is 14.3 Å². The number of carbonyl (C=O) groups is 2. The van der Waals surface area contributed by atoms with Crippen molar-refractivity contribution in [1.82, 2.24) is 10.6 Å². The second kappa shape index (κ2) is 6.80. The highest BCUT2D eigenvalue weighted by molar-refractivity contribution is 5.94. The van der Waals surface area contributed by atoms with E-state index in [1.54, 1.807) is 48.5 Å². The maximum Gasteiger partial charge on any atom is 0.251 e. The van der Waals surface area contributed by atoms with E-state index in [1.807, 2.05) is 0 Å². The third-order valence-electron chi connectivity index (χ3n) is 5.09. The molecule has 0 spiro atoms. The summed E-state index contributed by atoms with van der Waals surface area (Å²) in [4.78, 5) is 23.7. The fourth-order valence-electron chi connectivity index (χ4n) is 3.76. The zero-order chi connectivity index (χ0) is 18.1. The van der Waals surface area contributed by atoms with Gasteiger partial charge in [-0.1, -0.05) is 6.07 Å². The summed E-state index contributed by atoms with van der Waals surface area (Å²) in [5.41, 5.74) is 6.27. The van der Waals surface area contributed by atoms with Crippen molar-refractivity contribution in [3.63, 3.8) is 0 Å². The molecule has 4 N–H and O–H groups in total. The molecule has 2 amide bonds. The first-order valence-electron chi connectivity index (χ1n) is 8.83. The van der Waals surface area contributed by atoms with Crippen LogP contribution in [-0.4, -0.2) is 29.9 Å². The number of amides is 2. The number of ether oxygens (including phenoxy) is 1. The van der Waals surface area contributed by atoms with E-state index in [4.69, 9.17) is 10.5 Å². The van der Waals surface area contributed by atoms with Gasteiger partial charge in [-0.05, 0) is 61.7 Å². The van der Waals surface area contributed by atoms with Gasteiger partial charge < -0.3 is 21.1 Å². The zero-order valence-corrected chi connectivity index (χ0v) is 14.3. The molecule has 3 unspecified atom stereocenters. The van der Waals surface area contributed by atoms with Crippen molar-refractivity contribution in [1.29, 1.82) is 0 Å². The molecule has 0 aliphatic carbocycles. The van der Waals surface area contributed by atoms with E-state index in [2.05, 4.69) is 10.6 Å². The normalized spacial score (nSPS) is 23.6. The molecule has 2 aliphatic heterocycles. The van der Waals surface area contributed by atoms with Gasteiger partial charge in [0.25, 0.3) is 5.91 Å². The van der Waals surface area contributed by atoms with E-state index >= 15 is 0 Å². The predicted molar refractivity (Wildman–Crippen MR) is 97.3 cm³/mol. The molecule has 6 heteroatoms. The quantitative estimate of drug-likeness (QED) is 0.770. The highest BCUT2D eigenvalue weighted by Gasteiger charge is 2.39. The molecule has 3 atom stereocenters. The maximum atomic E-state index is 12.4. The smallest absolute Gasteiger partial charge is 0.251 e. The van der Waals surface area contributed by atoms with Gasteiger partial charge in [-0.3, -0.25) is 9.59 Å². The molecule has 6 nitrogen and oxygen atoms in total. The number of primary amides is 1. The SMILES string of the molecule is NC(=O)c1cccc(Oc2ccc(C(=O)NC3CC4CCC3N4)cc2)c1. The third kappa shape index (κ3) is 3.41. The summed E-state index contributed by atoms with van der Waals surface area (Å²) in [6.45, 7) is 0. The van der Waals surface area contributed by atoms with Crippen molar-refractivity contribution in [3.8, 4) is 11.5 Å².